The van der Waals surface area contributed by atoms with Gasteiger partial charge in [0.2, 0.25) is 0 Å². The van der Waals surface area contributed by atoms with E-state index in [1.54, 1.807) is 12.1 Å². The van der Waals surface area contributed by atoms with Gasteiger partial charge in [-0.1, -0.05) is 62.7 Å². The van der Waals surface area contributed by atoms with Crippen molar-refractivity contribution in [1.82, 2.24) is 0 Å². The van der Waals surface area contributed by atoms with Gasteiger partial charge in [-0.25, -0.2) is 4.79 Å². The van der Waals surface area contributed by atoms with Gasteiger partial charge in [-0.05, 0) is 78.0 Å². The summed E-state index contributed by atoms with van der Waals surface area (Å²) in [6, 6.07) is 11.6. The molecule has 0 aromatic heterocycles. The minimum absolute atomic E-state index is 0.0235. The second-order valence-electron chi connectivity index (χ2n) is 9.84. The Morgan fingerprint density at radius 3 is 2.41 bits per heavy atom. The number of carbonyl (C=O) groups is 1. The topological polar surface area (TPSA) is 63.3 Å². The molecule has 0 heterocycles. The van der Waals surface area contributed by atoms with Gasteiger partial charge in [0.1, 0.15) is 0 Å². The van der Waals surface area contributed by atoms with E-state index >= 15 is 0 Å². The zero-order valence-corrected chi connectivity index (χ0v) is 19.2. The third-order valence-electron chi connectivity index (χ3n) is 6.41. The van der Waals surface area contributed by atoms with Crippen molar-refractivity contribution < 1.29 is 9.90 Å². The quantitative estimate of drug-likeness (QED) is 0.462. The fourth-order valence-corrected chi connectivity index (χ4v) is 4.44. The van der Waals surface area contributed by atoms with Crippen molar-refractivity contribution in [2.45, 2.75) is 58.3 Å². The zero-order chi connectivity index (χ0) is 22.9. The van der Waals surface area contributed by atoms with Gasteiger partial charge in [-0.15, -0.1) is 5.47 Å². The van der Waals surface area contributed by atoms with Gasteiger partial charge in [0.25, 0.3) is 0 Å². The van der Waals surface area contributed by atoms with Crippen molar-refractivity contribution >= 4 is 35.5 Å². The van der Waals surface area contributed by atoms with Crippen molar-refractivity contribution in [2.75, 3.05) is 5.73 Å². The molecule has 163 valence electrons. The summed E-state index contributed by atoms with van der Waals surface area (Å²) >= 11 is 0. The Kier molecular flexibility index (Phi) is 6.14. The number of carboxylic acid groups (broad SMARTS) is 1. The minimum Gasteiger partial charge on any atom is -0.478 e. The maximum atomic E-state index is 11.2. The van der Waals surface area contributed by atoms with Crippen molar-refractivity contribution in [3.05, 3.63) is 82.4 Å². The van der Waals surface area contributed by atoms with Crippen LogP contribution in [0.25, 0.3) is 11.1 Å². The maximum absolute atomic E-state index is 11.2. The molecule has 2 aliphatic rings. The van der Waals surface area contributed by atoms with Crippen LogP contribution in [0.1, 0.15) is 79.9 Å². The molecule has 2 aromatic carbocycles. The highest BCUT2D eigenvalue weighted by Crippen LogP contribution is 2.36. The van der Waals surface area contributed by atoms with Crippen molar-refractivity contribution in [2.24, 2.45) is 0 Å². The summed E-state index contributed by atoms with van der Waals surface area (Å²) in [6.07, 6.45) is 12.1. The van der Waals surface area contributed by atoms with Crippen LogP contribution in [-0.2, 0) is 5.41 Å². The van der Waals surface area contributed by atoms with Gasteiger partial charge < -0.3 is 10.8 Å². The van der Waals surface area contributed by atoms with Crippen LogP contribution in [0.4, 0.5) is 5.69 Å². The lowest BCUT2D eigenvalue weighted by atomic mass is 9.60. The third kappa shape index (κ3) is 4.75. The molecule has 0 saturated heterocycles. The van der Waals surface area contributed by atoms with Crippen molar-refractivity contribution in [1.29, 1.82) is 0 Å². The molecular formula is C28H31BNO2. The van der Waals surface area contributed by atoms with Crippen LogP contribution >= 0.6 is 0 Å². The highest BCUT2D eigenvalue weighted by Gasteiger charge is 2.22. The molecule has 0 amide bonds. The number of hydrogen-bond acceptors (Lipinski definition) is 2. The Hall–Kier alpha value is -3.01. The number of carboxylic acids is 1. The van der Waals surface area contributed by atoms with Crippen LogP contribution in [0.3, 0.4) is 0 Å². The SMILES string of the molecule is CC(C)(C)c1cc([B]C2=CCCC2)c(N)c(C2=CC(c3ccc(C(=O)O)cc3)=CCC2)c1. The largest absolute Gasteiger partial charge is 0.478 e. The van der Waals surface area contributed by atoms with E-state index in [4.69, 9.17) is 5.73 Å². The van der Waals surface area contributed by atoms with Gasteiger partial charge in [-0.3, -0.25) is 0 Å². The number of nitrogens with two attached hydrogens (primary N) is 1. The molecule has 1 radical (unpaired) electrons. The van der Waals surface area contributed by atoms with Gasteiger partial charge in [0.05, 0.1) is 5.56 Å². The van der Waals surface area contributed by atoms with Crippen LogP contribution < -0.4 is 11.2 Å². The lowest BCUT2D eigenvalue weighted by Gasteiger charge is -2.25. The van der Waals surface area contributed by atoms with Crippen molar-refractivity contribution in [3.63, 3.8) is 0 Å². The van der Waals surface area contributed by atoms with E-state index in [1.165, 1.54) is 23.0 Å². The number of nitrogen functional groups attached to an aromatic ring is 1. The second kappa shape index (κ2) is 8.86. The number of hydrogen-bond donors (Lipinski definition) is 2. The maximum Gasteiger partial charge on any atom is 0.335 e. The molecule has 0 aliphatic heterocycles. The highest BCUT2D eigenvalue weighted by molar-refractivity contribution is 6.63. The summed E-state index contributed by atoms with van der Waals surface area (Å²) in [6.45, 7) is 6.72. The van der Waals surface area contributed by atoms with E-state index in [1.807, 2.05) is 12.1 Å². The van der Waals surface area contributed by atoms with E-state index in [-0.39, 0.29) is 5.41 Å². The van der Waals surface area contributed by atoms with Gasteiger partial charge in [0.15, 0.2) is 7.28 Å². The molecule has 32 heavy (non-hydrogen) atoms. The number of benzene rings is 2. The number of anilines is 1. The van der Waals surface area contributed by atoms with Crippen LogP contribution in [0.15, 0.2) is 60.1 Å². The smallest absolute Gasteiger partial charge is 0.335 e. The summed E-state index contributed by atoms with van der Waals surface area (Å²) in [5.74, 6) is -0.904. The monoisotopic (exact) mass is 424 g/mol. The van der Waals surface area contributed by atoms with Crippen LogP contribution in [0, 0.1) is 0 Å². The molecule has 3 N–H and O–H groups in total. The Morgan fingerprint density at radius 2 is 1.78 bits per heavy atom. The van der Waals surface area contributed by atoms with Crippen LogP contribution in [0.5, 0.6) is 0 Å². The molecule has 3 nitrogen and oxygen atoms in total. The van der Waals surface area contributed by atoms with E-state index in [9.17, 15) is 9.90 Å². The predicted molar refractivity (Wildman–Crippen MR) is 135 cm³/mol. The van der Waals surface area contributed by atoms with E-state index in [2.05, 4.69) is 58.4 Å². The van der Waals surface area contributed by atoms with Gasteiger partial charge in [0, 0.05) is 11.3 Å². The van der Waals surface area contributed by atoms with Crippen molar-refractivity contribution in [3.8, 4) is 0 Å². The molecule has 2 aliphatic carbocycles. The predicted octanol–water partition coefficient (Wildman–Crippen LogP) is 5.92. The normalized spacial score (nSPS) is 16.3. The lowest BCUT2D eigenvalue weighted by molar-refractivity contribution is 0.0697. The second-order valence-corrected chi connectivity index (χ2v) is 9.84. The summed E-state index contributed by atoms with van der Waals surface area (Å²) in [5, 5.41) is 9.18. The van der Waals surface area contributed by atoms with E-state index in [0.717, 1.165) is 53.5 Å². The summed E-state index contributed by atoms with van der Waals surface area (Å²) in [5.41, 5.74) is 16.2. The molecule has 0 saturated carbocycles. The fraction of sp³-hybridized carbons (Fsp3) is 0.321. The molecule has 0 fully saturated rings. The Morgan fingerprint density at radius 1 is 1.03 bits per heavy atom. The first-order valence-corrected chi connectivity index (χ1v) is 11.4. The summed E-state index contributed by atoms with van der Waals surface area (Å²) in [4.78, 5) is 11.2. The Labute approximate surface area is 192 Å². The molecule has 0 unspecified atom stereocenters. The average molecular weight is 424 g/mol. The first kappa shape index (κ1) is 22.2. The third-order valence-corrected chi connectivity index (χ3v) is 6.41. The van der Waals surface area contributed by atoms with Gasteiger partial charge >= 0.3 is 5.97 Å². The van der Waals surface area contributed by atoms with Crippen LogP contribution in [0.2, 0.25) is 0 Å². The minimum atomic E-state index is -0.904. The first-order valence-electron chi connectivity index (χ1n) is 11.4. The standard InChI is InChI=1S/C28H31BNO2/c1-28(2,3)22-16-24(26(30)25(17-22)29-23-9-4-5-10-23)21-8-6-7-20(15-21)18-11-13-19(14-12-18)27(31)32/h7,9,11-17H,4-6,8,10,30H2,1-3H3,(H,31,32). The number of rotatable bonds is 5. The highest BCUT2D eigenvalue weighted by atomic mass is 16.4. The lowest BCUT2D eigenvalue weighted by Crippen LogP contribution is -2.25. The molecule has 2 aromatic rings. The summed E-state index contributed by atoms with van der Waals surface area (Å²) < 4.78 is 0. The van der Waals surface area contributed by atoms with Gasteiger partial charge in [-0.2, -0.15) is 0 Å². The average Bonchev–Trinajstić information content (AvgIpc) is 3.27. The number of allylic oxidation sites excluding steroid dienone is 6. The van der Waals surface area contributed by atoms with E-state index in [0.29, 0.717) is 5.56 Å². The Balaban J connectivity index is 1.74. The summed E-state index contributed by atoms with van der Waals surface area (Å²) in [7, 11) is 2.27. The zero-order valence-electron chi connectivity index (χ0n) is 19.2. The van der Waals surface area contributed by atoms with Crippen LogP contribution in [-0.4, -0.2) is 18.4 Å². The Bertz CT molecular complexity index is 1130. The first-order chi connectivity index (χ1) is 15.2. The molecule has 4 heteroatoms. The molecule has 0 spiro atoms. The number of aromatic carboxylic acids is 1. The molecule has 4 rings (SSSR count). The fourth-order valence-electron chi connectivity index (χ4n) is 4.44. The molecular weight excluding hydrogens is 393 g/mol. The van der Waals surface area contributed by atoms with E-state index < -0.39 is 5.97 Å². The molecule has 0 atom stereocenters. The molecule has 0 bridgehead atoms.